The van der Waals surface area contributed by atoms with Crippen LogP contribution in [0.5, 0.6) is 5.75 Å². The zero-order valence-corrected chi connectivity index (χ0v) is 13.0. The fourth-order valence-corrected chi connectivity index (χ4v) is 2.68. The molecular weight excluding hydrogens is 302 g/mol. The van der Waals surface area contributed by atoms with E-state index in [1.165, 1.54) is 16.4 Å². The Bertz CT molecular complexity index is 684. The molecule has 0 saturated heterocycles. The molecule has 1 saturated carbocycles. The van der Waals surface area contributed by atoms with E-state index in [-0.39, 0.29) is 11.7 Å². The summed E-state index contributed by atoms with van der Waals surface area (Å²) in [4.78, 5) is 11.7. The van der Waals surface area contributed by atoms with Crippen molar-refractivity contribution in [2.24, 2.45) is 0 Å². The lowest BCUT2D eigenvalue weighted by Gasteiger charge is -2.07. The van der Waals surface area contributed by atoms with Gasteiger partial charge >= 0.3 is 0 Å². The Morgan fingerprint density at radius 3 is 2.95 bits per heavy atom. The van der Waals surface area contributed by atoms with Crippen LogP contribution in [0.4, 0.5) is 0 Å². The number of benzene rings is 1. The van der Waals surface area contributed by atoms with Crippen molar-refractivity contribution in [3.63, 3.8) is 0 Å². The Balaban J connectivity index is 1.72. The largest absolute Gasteiger partial charge is 0.496 e. The molecule has 0 bridgehead atoms. The van der Waals surface area contributed by atoms with Gasteiger partial charge in [0.2, 0.25) is 11.1 Å². The normalized spacial score (nSPS) is 13.9. The number of methoxy groups -OCH3 is 1. The molecule has 0 atom stereocenters. The van der Waals surface area contributed by atoms with E-state index < -0.39 is 0 Å². The van der Waals surface area contributed by atoms with E-state index in [9.17, 15) is 4.79 Å². The van der Waals surface area contributed by atoms with Crippen LogP contribution in [-0.2, 0) is 4.79 Å². The van der Waals surface area contributed by atoms with Gasteiger partial charge in [-0.3, -0.25) is 4.79 Å². The molecule has 7 nitrogen and oxygen atoms in total. The van der Waals surface area contributed by atoms with E-state index >= 15 is 0 Å². The number of carbonyl (C=O) groups is 1. The van der Waals surface area contributed by atoms with E-state index in [0.29, 0.717) is 22.8 Å². The molecule has 1 aromatic heterocycles. The fraction of sp³-hybridized carbons (Fsp3) is 0.357. The number of nitrogens with one attached hydrogen (secondary N) is 1. The predicted octanol–water partition coefficient (Wildman–Crippen LogP) is 1.04. The highest BCUT2D eigenvalue weighted by atomic mass is 32.2. The van der Waals surface area contributed by atoms with Gasteiger partial charge in [-0.2, -0.15) is 0 Å². The number of thioether (sulfide) groups is 1. The number of nitrogen functional groups attached to an aromatic ring is 1. The Labute approximate surface area is 132 Å². The summed E-state index contributed by atoms with van der Waals surface area (Å²) in [5, 5.41) is 11.6. The van der Waals surface area contributed by atoms with Gasteiger partial charge in [-0.25, -0.2) is 4.68 Å². The maximum atomic E-state index is 11.7. The molecule has 3 rings (SSSR count). The minimum Gasteiger partial charge on any atom is -0.496 e. The Morgan fingerprint density at radius 2 is 2.23 bits per heavy atom. The second kappa shape index (κ2) is 6.27. The lowest BCUT2D eigenvalue weighted by atomic mass is 10.2. The standard InChI is InChI=1S/C14H17N5O2S/c1-21-11-5-3-2-4-10(11)13-17-18-14(19(13)15)22-8-12(20)16-9-6-7-9/h2-5,9H,6-8,15H2,1H3,(H,16,20). The van der Waals surface area contributed by atoms with E-state index in [2.05, 4.69) is 15.5 Å². The molecular formula is C14H17N5O2S. The third kappa shape index (κ3) is 3.16. The molecule has 1 heterocycles. The first-order valence-corrected chi connectivity index (χ1v) is 7.93. The number of rotatable bonds is 6. The summed E-state index contributed by atoms with van der Waals surface area (Å²) in [6.07, 6.45) is 2.14. The van der Waals surface area contributed by atoms with Crippen LogP contribution in [0.15, 0.2) is 29.4 Å². The first-order valence-electron chi connectivity index (χ1n) is 6.95. The summed E-state index contributed by atoms with van der Waals surface area (Å²) in [6, 6.07) is 7.80. The lowest BCUT2D eigenvalue weighted by Crippen LogP contribution is -2.27. The minimum atomic E-state index is -0.00524. The van der Waals surface area contributed by atoms with Crippen LogP contribution in [0, 0.1) is 0 Å². The van der Waals surface area contributed by atoms with Crippen molar-refractivity contribution in [2.75, 3.05) is 18.7 Å². The second-order valence-electron chi connectivity index (χ2n) is 5.01. The number of amides is 1. The lowest BCUT2D eigenvalue weighted by molar-refractivity contribution is -0.118. The van der Waals surface area contributed by atoms with Gasteiger partial charge in [0.15, 0.2) is 5.82 Å². The molecule has 0 unspecified atom stereocenters. The van der Waals surface area contributed by atoms with Crippen molar-refractivity contribution in [1.82, 2.24) is 20.2 Å². The molecule has 22 heavy (non-hydrogen) atoms. The molecule has 116 valence electrons. The second-order valence-corrected chi connectivity index (χ2v) is 5.95. The highest BCUT2D eigenvalue weighted by Gasteiger charge is 2.23. The molecule has 1 aliphatic carbocycles. The third-order valence-corrected chi connectivity index (χ3v) is 4.23. The smallest absolute Gasteiger partial charge is 0.230 e. The van der Waals surface area contributed by atoms with Crippen LogP contribution < -0.4 is 15.9 Å². The maximum Gasteiger partial charge on any atom is 0.230 e. The quantitative estimate of drug-likeness (QED) is 0.610. The van der Waals surface area contributed by atoms with Crippen LogP contribution in [0.3, 0.4) is 0 Å². The molecule has 8 heteroatoms. The number of carbonyl (C=O) groups excluding carboxylic acids is 1. The van der Waals surface area contributed by atoms with Crippen LogP contribution in [0.2, 0.25) is 0 Å². The van der Waals surface area contributed by atoms with Crippen molar-refractivity contribution in [3.05, 3.63) is 24.3 Å². The molecule has 1 fully saturated rings. The highest BCUT2D eigenvalue weighted by molar-refractivity contribution is 7.99. The number of ether oxygens (including phenoxy) is 1. The van der Waals surface area contributed by atoms with E-state index in [0.717, 1.165) is 18.4 Å². The molecule has 2 aromatic rings. The summed E-state index contributed by atoms with van der Waals surface area (Å²) in [5.41, 5.74) is 0.759. The third-order valence-electron chi connectivity index (χ3n) is 3.29. The molecule has 0 aliphatic heterocycles. The number of hydrogen-bond acceptors (Lipinski definition) is 6. The average Bonchev–Trinajstić information content (AvgIpc) is 3.27. The molecule has 3 N–H and O–H groups in total. The Hall–Kier alpha value is -2.22. The molecule has 0 radical (unpaired) electrons. The van der Waals surface area contributed by atoms with Crippen LogP contribution in [0.25, 0.3) is 11.4 Å². The van der Waals surface area contributed by atoms with Gasteiger partial charge in [-0.1, -0.05) is 23.9 Å². The van der Waals surface area contributed by atoms with Gasteiger partial charge in [-0.05, 0) is 25.0 Å². The van der Waals surface area contributed by atoms with E-state index in [1.54, 1.807) is 7.11 Å². The van der Waals surface area contributed by atoms with Gasteiger partial charge in [-0.15, -0.1) is 10.2 Å². The summed E-state index contributed by atoms with van der Waals surface area (Å²) in [6.45, 7) is 0. The van der Waals surface area contributed by atoms with Crippen molar-refractivity contribution in [3.8, 4) is 17.1 Å². The Kier molecular flexibility index (Phi) is 4.19. The van der Waals surface area contributed by atoms with E-state index in [1.807, 2.05) is 24.3 Å². The molecule has 0 spiro atoms. The van der Waals surface area contributed by atoms with Crippen molar-refractivity contribution >= 4 is 17.7 Å². The fourth-order valence-electron chi connectivity index (χ4n) is 2.02. The summed E-state index contributed by atoms with van der Waals surface area (Å²) in [5.74, 6) is 7.49. The number of nitrogens with zero attached hydrogens (tertiary/aromatic N) is 3. The summed E-state index contributed by atoms with van der Waals surface area (Å²) < 4.78 is 6.69. The van der Waals surface area contributed by atoms with Gasteiger partial charge in [0.1, 0.15) is 5.75 Å². The monoisotopic (exact) mass is 319 g/mol. The van der Waals surface area contributed by atoms with Gasteiger partial charge < -0.3 is 15.9 Å². The van der Waals surface area contributed by atoms with Gasteiger partial charge in [0.25, 0.3) is 0 Å². The number of nitrogens with two attached hydrogens (primary N) is 1. The topological polar surface area (TPSA) is 95.1 Å². The predicted molar refractivity (Wildman–Crippen MR) is 84.0 cm³/mol. The number of hydrogen-bond donors (Lipinski definition) is 2. The highest BCUT2D eigenvalue weighted by Crippen LogP contribution is 2.29. The zero-order valence-electron chi connectivity index (χ0n) is 12.2. The Morgan fingerprint density at radius 1 is 1.45 bits per heavy atom. The van der Waals surface area contributed by atoms with Crippen molar-refractivity contribution < 1.29 is 9.53 Å². The molecule has 1 aromatic carbocycles. The summed E-state index contributed by atoms with van der Waals surface area (Å²) in [7, 11) is 1.59. The van der Waals surface area contributed by atoms with Gasteiger partial charge in [0, 0.05) is 6.04 Å². The number of aromatic nitrogens is 3. The molecule has 1 aliphatic rings. The minimum absolute atomic E-state index is 0.00524. The number of para-hydroxylation sites is 1. The molecule has 1 amide bonds. The van der Waals surface area contributed by atoms with Crippen LogP contribution in [0.1, 0.15) is 12.8 Å². The first-order chi connectivity index (χ1) is 10.7. The van der Waals surface area contributed by atoms with Crippen LogP contribution >= 0.6 is 11.8 Å². The summed E-state index contributed by atoms with van der Waals surface area (Å²) >= 11 is 1.27. The van der Waals surface area contributed by atoms with E-state index in [4.69, 9.17) is 10.6 Å². The van der Waals surface area contributed by atoms with Crippen LogP contribution in [-0.4, -0.2) is 39.7 Å². The first kappa shape index (κ1) is 14.7. The average molecular weight is 319 g/mol. The SMILES string of the molecule is COc1ccccc1-c1nnc(SCC(=O)NC2CC2)n1N. The zero-order chi connectivity index (χ0) is 15.5. The van der Waals surface area contributed by atoms with Gasteiger partial charge in [0.05, 0.1) is 18.4 Å². The maximum absolute atomic E-state index is 11.7. The van der Waals surface area contributed by atoms with Crippen molar-refractivity contribution in [1.29, 1.82) is 0 Å². The van der Waals surface area contributed by atoms with Crippen molar-refractivity contribution in [2.45, 2.75) is 24.0 Å².